The molecule has 2 aromatic heterocycles. The van der Waals surface area contributed by atoms with Crippen molar-refractivity contribution in [3.05, 3.63) is 23.8 Å². The Morgan fingerprint density at radius 3 is 2.62 bits per heavy atom. The second kappa shape index (κ2) is 7.74. The zero-order valence-electron chi connectivity index (χ0n) is 15.7. The Balaban J connectivity index is 0.000000298. The molecule has 0 bridgehead atoms. The number of aryl methyl sites for hydroxylation is 1. The first-order chi connectivity index (χ1) is 13.6. The number of benzene rings is 1. The highest BCUT2D eigenvalue weighted by molar-refractivity contribution is 6.06. The summed E-state index contributed by atoms with van der Waals surface area (Å²) in [6.07, 6.45) is -4.00. The Morgan fingerprint density at radius 1 is 1.34 bits per heavy atom. The third kappa shape index (κ3) is 4.50. The quantitative estimate of drug-likeness (QED) is 0.589. The minimum Gasteiger partial charge on any atom is -0.475 e. The third-order valence-electron chi connectivity index (χ3n) is 4.53. The van der Waals surface area contributed by atoms with E-state index in [0.29, 0.717) is 17.4 Å². The molecule has 0 amide bonds. The summed E-state index contributed by atoms with van der Waals surface area (Å²) in [5, 5.41) is 11.6. The van der Waals surface area contributed by atoms with E-state index in [9.17, 15) is 13.2 Å². The maximum absolute atomic E-state index is 10.6. The number of likely N-dealkylation sites (N-methyl/N-ethyl adjacent to an activating group) is 1. The fourth-order valence-electron chi connectivity index (χ4n) is 3.17. The number of nitrogens with one attached hydrogen (secondary N) is 1. The molecule has 1 aliphatic rings. The molecular weight excluding hydrogens is 391 g/mol. The molecule has 1 aliphatic heterocycles. The lowest BCUT2D eigenvalue weighted by Gasteiger charge is -2.13. The standard InChI is InChI=1S/C16H19N5O.C2HF3O2/c1-9-4-3-5-11-12-14(22-13(9)11)15(20-16(17)19-12)18-10-6-7-21(2)8-10;3-2(4,5)1(6)7/h3-5,10H,6-8H2,1-2H3,(H3,17,18,19,20);(H,6,7). The van der Waals surface area contributed by atoms with Crippen LogP contribution in [-0.4, -0.2) is 58.3 Å². The minimum absolute atomic E-state index is 0.269. The summed E-state index contributed by atoms with van der Waals surface area (Å²) in [7, 11) is 2.12. The first-order valence-electron chi connectivity index (χ1n) is 8.76. The highest BCUT2D eigenvalue weighted by Crippen LogP contribution is 2.33. The molecule has 3 aromatic rings. The molecule has 1 saturated heterocycles. The van der Waals surface area contributed by atoms with E-state index >= 15 is 0 Å². The Morgan fingerprint density at radius 2 is 2.03 bits per heavy atom. The molecule has 4 rings (SSSR count). The highest BCUT2D eigenvalue weighted by atomic mass is 19.4. The average Bonchev–Trinajstić information content (AvgIpc) is 3.19. The summed E-state index contributed by atoms with van der Waals surface area (Å²) in [5.74, 6) is -1.79. The van der Waals surface area contributed by atoms with Crippen molar-refractivity contribution >= 4 is 39.8 Å². The van der Waals surface area contributed by atoms with Crippen LogP contribution in [0.3, 0.4) is 0 Å². The summed E-state index contributed by atoms with van der Waals surface area (Å²) in [4.78, 5) is 19.9. The maximum atomic E-state index is 10.6. The van der Waals surface area contributed by atoms with Crippen LogP contribution >= 0.6 is 0 Å². The highest BCUT2D eigenvalue weighted by Gasteiger charge is 2.38. The molecule has 1 atom stereocenters. The van der Waals surface area contributed by atoms with E-state index in [1.165, 1.54) is 0 Å². The topological polar surface area (TPSA) is 118 Å². The number of alkyl halides is 3. The van der Waals surface area contributed by atoms with Crippen molar-refractivity contribution < 1.29 is 27.5 Å². The molecule has 156 valence electrons. The molecule has 11 heteroatoms. The molecule has 1 aromatic carbocycles. The normalized spacial score (nSPS) is 17.3. The van der Waals surface area contributed by atoms with Crippen LogP contribution in [0, 0.1) is 6.92 Å². The number of anilines is 2. The number of nitrogens with zero attached hydrogens (tertiary/aromatic N) is 3. The van der Waals surface area contributed by atoms with Gasteiger partial charge in [0.25, 0.3) is 0 Å². The van der Waals surface area contributed by atoms with Crippen LogP contribution in [0.15, 0.2) is 22.6 Å². The number of carboxylic acid groups (broad SMARTS) is 1. The number of nitrogens with two attached hydrogens (primary N) is 1. The summed E-state index contributed by atoms with van der Waals surface area (Å²) in [6, 6.07) is 6.40. The lowest BCUT2D eigenvalue weighted by molar-refractivity contribution is -0.192. The molecule has 1 unspecified atom stereocenters. The molecule has 0 saturated carbocycles. The van der Waals surface area contributed by atoms with Gasteiger partial charge in [0.2, 0.25) is 5.95 Å². The molecule has 0 aliphatic carbocycles. The van der Waals surface area contributed by atoms with Gasteiger partial charge in [-0.15, -0.1) is 0 Å². The largest absolute Gasteiger partial charge is 0.490 e. The fourth-order valence-corrected chi connectivity index (χ4v) is 3.17. The van der Waals surface area contributed by atoms with Crippen LogP contribution in [0.4, 0.5) is 24.9 Å². The lowest BCUT2D eigenvalue weighted by Crippen LogP contribution is -2.24. The number of carbonyl (C=O) groups is 1. The van der Waals surface area contributed by atoms with Gasteiger partial charge in [-0.1, -0.05) is 12.1 Å². The van der Waals surface area contributed by atoms with Crippen molar-refractivity contribution in [2.75, 3.05) is 31.2 Å². The van der Waals surface area contributed by atoms with Crippen molar-refractivity contribution in [1.29, 1.82) is 0 Å². The fraction of sp³-hybridized carbons (Fsp3) is 0.389. The van der Waals surface area contributed by atoms with Crippen LogP contribution in [0.1, 0.15) is 12.0 Å². The van der Waals surface area contributed by atoms with Crippen molar-refractivity contribution in [1.82, 2.24) is 14.9 Å². The molecule has 3 heterocycles. The Kier molecular flexibility index (Phi) is 5.51. The number of likely N-dealkylation sites (tertiary alicyclic amines) is 1. The van der Waals surface area contributed by atoms with Crippen molar-refractivity contribution in [2.24, 2.45) is 0 Å². The Hall–Kier alpha value is -3.08. The number of hydrogen-bond acceptors (Lipinski definition) is 7. The van der Waals surface area contributed by atoms with E-state index < -0.39 is 12.1 Å². The van der Waals surface area contributed by atoms with Gasteiger partial charge >= 0.3 is 12.1 Å². The molecule has 4 N–H and O–H groups in total. The van der Waals surface area contributed by atoms with Gasteiger partial charge in [0.15, 0.2) is 11.4 Å². The number of rotatable bonds is 2. The Bertz CT molecular complexity index is 1050. The molecule has 29 heavy (non-hydrogen) atoms. The van der Waals surface area contributed by atoms with Gasteiger partial charge in [-0.3, -0.25) is 0 Å². The summed E-state index contributed by atoms with van der Waals surface area (Å²) < 4.78 is 37.8. The van der Waals surface area contributed by atoms with Gasteiger partial charge < -0.3 is 25.5 Å². The van der Waals surface area contributed by atoms with E-state index in [1.807, 2.05) is 25.1 Å². The summed E-state index contributed by atoms with van der Waals surface area (Å²) in [5.41, 5.74) is 9.30. The number of carboxylic acids is 1. The zero-order chi connectivity index (χ0) is 21.3. The number of aromatic nitrogens is 2. The Labute approximate surface area is 163 Å². The smallest absolute Gasteiger partial charge is 0.475 e. The molecular formula is C18H20F3N5O3. The predicted molar refractivity (Wildman–Crippen MR) is 102 cm³/mol. The number of halogens is 3. The summed E-state index contributed by atoms with van der Waals surface area (Å²) in [6.45, 7) is 4.10. The van der Waals surface area contributed by atoms with E-state index in [4.69, 9.17) is 20.1 Å². The van der Waals surface area contributed by atoms with Crippen molar-refractivity contribution in [3.63, 3.8) is 0 Å². The van der Waals surface area contributed by atoms with E-state index in [1.54, 1.807) is 0 Å². The molecule has 1 fully saturated rings. The van der Waals surface area contributed by atoms with Crippen LogP contribution in [0.2, 0.25) is 0 Å². The number of para-hydroxylation sites is 1. The van der Waals surface area contributed by atoms with E-state index in [0.717, 1.165) is 41.6 Å². The van der Waals surface area contributed by atoms with Crippen LogP contribution in [-0.2, 0) is 4.79 Å². The number of hydrogen-bond donors (Lipinski definition) is 3. The van der Waals surface area contributed by atoms with Crippen LogP contribution < -0.4 is 11.1 Å². The van der Waals surface area contributed by atoms with Crippen molar-refractivity contribution in [2.45, 2.75) is 25.6 Å². The SMILES string of the molecule is Cc1cccc2c1oc1c(NC3CCN(C)C3)nc(N)nc12.O=C(O)C(F)(F)F. The minimum atomic E-state index is -5.08. The second-order valence-corrected chi connectivity index (χ2v) is 6.86. The molecule has 0 radical (unpaired) electrons. The van der Waals surface area contributed by atoms with Gasteiger partial charge in [0, 0.05) is 18.0 Å². The third-order valence-corrected chi connectivity index (χ3v) is 4.53. The van der Waals surface area contributed by atoms with E-state index in [2.05, 4.69) is 27.2 Å². The first-order valence-corrected chi connectivity index (χ1v) is 8.76. The van der Waals surface area contributed by atoms with Gasteiger partial charge in [-0.05, 0) is 38.6 Å². The number of furan rings is 1. The van der Waals surface area contributed by atoms with Gasteiger partial charge in [0.1, 0.15) is 11.1 Å². The zero-order valence-corrected chi connectivity index (χ0v) is 15.7. The monoisotopic (exact) mass is 411 g/mol. The summed E-state index contributed by atoms with van der Waals surface area (Å²) >= 11 is 0. The first kappa shape index (κ1) is 20.6. The van der Waals surface area contributed by atoms with Crippen molar-refractivity contribution in [3.8, 4) is 0 Å². The van der Waals surface area contributed by atoms with Gasteiger partial charge in [-0.25, -0.2) is 9.78 Å². The predicted octanol–water partition coefficient (Wildman–Crippen LogP) is 3.02. The van der Waals surface area contributed by atoms with Gasteiger partial charge in [-0.2, -0.15) is 18.2 Å². The second-order valence-electron chi connectivity index (χ2n) is 6.86. The van der Waals surface area contributed by atoms with Crippen LogP contribution in [0.25, 0.3) is 22.1 Å². The molecule has 8 nitrogen and oxygen atoms in total. The van der Waals surface area contributed by atoms with Crippen LogP contribution in [0.5, 0.6) is 0 Å². The number of nitrogen functional groups attached to an aromatic ring is 1. The maximum Gasteiger partial charge on any atom is 0.490 e. The number of fused-ring (bicyclic) bond motifs is 3. The average molecular weight is 411 g/mol. The molecule has 0 spiro atoms. The number of aliphatic carboxylic acids is 1. The van der Waals surface area contributed by atoms with Gasteiger partial charge in [0.05, 0.1) is 0 Å². The van der Waals surface area contributed by atoms with E-state index in [-0.39, 0.29) is 5.95 Å². The lowest BCUT2D eigenvalue weighted by atomic mass is 10.1.